The van der Waals surface area contributed by atoms with E-state index in [1.54, 1.807) is 7.11 Å². The number of piperazine rings is 1. The lowest BCUT2D eigenvalue weighted by Gasteiger charge is -2.34. The van der Waals surface area contributed by atoms with E-state index in [2.05, 4.69) is 29.9 Å². The maximum Gasteiger partial charge on any atom is 0.257 e. The Morgan fingerprint density at radius 2 is 2.11 bits per heavy atom. The van der Waals surface area contributed by atoms with Crippen LogP contribution in [-0.2, 0) is 13.6 Å². The predicted molar refractivity (Wildman–Crippen MR) is 103 cm³/mol. The van der Waals surface area contributed by atoms with E-state index < -0.39 is 0 Å². The van der Waals surface area contributed by atoms with Crippen LogP contribution in [0.2, 0.25) is 0 Å². The van der Waals surface area contributed by atoms with Crippen molar-refractivity contribution in [3.05, 3.63) is 48.3 Å². The topological polar surface area (TPSA) is 81.2 Å². The molecule has 1 aliphatic heterocycles. The van der Waals surface area contributed by atoms with Gasteiger partial charge in [0.25, 0.3) is 5.89 Å². The Morgan fingerprint density at radius 1 is 1.30 bits per heavy atom. The van der Waals surface area contributed by atoms with Gasteiger partial charge in [-0.15, -0.1) is 12.4 Å². The molecular formula is C18H23ClN6O2. The van der Waals surface area contributed by atoms with E-state index in [4.69, 9.17) is 9.26 Å². The van der Waals surface area contributed by atoms with Gasteiger partial charge in [-0.1, -0.05) is 5.16 Å². The molecule has 3 heterocycles. The second kappa shape index (κ2) is 8.51. The standard InChI is InChI=1S/C18H22N6O2.ClH/c1-23-9-8-20-17(23)15-11-19-7-10-24(15)12-16-21-18(26-22-16)13-3-5-14(25-2)6-4-13;/h3-6,8-9,15,19H,7,10-12H2,1-2H3;1H. The second-order valence-electron chi connectivity index (χ2n) is 6.33. The number of benzene rings is 1. The third kappa shape index (κ3) is 4.13. The molecule has 0 amide bonds. The number of halogens is 1. The van der Waals surface area contributed by atoms with Crippen molar-refractivity contribution in [3.63, 3.8) is 0 Å². The van der Waals surface area contributed by atoms with E-state index in [1.807, 2.05) is 43.7 Å². The summed E-state index contributed by atoms with van der Waals surface area (Å²) in [6.45, 7) is 3.32. The molecule has 1 atom stereocenters. The largest absolute Gasteiger partial charge is 0.497 e. The lowest BCUT2D eigenvalue weighted by Crippen LogP contribution is -2.46. The smallest absolute Gasteiger partial charge is 0.257 e. The Bertz CT molecular complexity index is 863. The Morgan fingerprint density at radius 3 is 2.81 bits per heavy atom. The highest BCUT2D eigenvalue weighted by molar-refractivity contribution is 5.85. The molecule has 2 aromatic heterocycles. The molecular weight excluding hydrogens is 368 g/mol. The van der Waals surface area contributed by atoms with E-state index in [1.165, 1.54) is 0 Å². The van der Waals surface area contributed by atoms with Gasteiger partial charge in [-0.2, -0.15) is 4.98 Å². The van der Waals surface area contributed by atoms with Crippen molar-refractivity contribution in [3.8, 4) is 17.2 Å². The van der Waals surface area contributed by atoms with Crippen LogP contribution in [-0.4, -0.2) is 51.3 Å². The first-order valence-electron chi connectivity index (χ1n) is 8.63. The van der Waals surface area contributed by atoms with Crippen LogP contribution in [0.4, 0.5) is 0 Å². The number of aryl methyl sites for hydroxylation is 1. The Labute approximate surface area is 163 Å². The maximum atomic E-state index is 5.45. The Hall–Kier alpha value is -2.42. The highest BCUT2D eigenvalue weighted by Gasteiger charge is 2.28. The monoisotopic (exact) mass is 390 g/mol. The highest BCUT2D eigenvalue weighted by Crippen LogP contribution is 2.24. The summed E-state index contributed by atoms with van der Waals surface area (Å²) in [6, 6.07) is 7.78. The van der Waals surface area contributed by atoms with Gasteiger partial charge in [-0.25, -0.2) is 4.98 Å². The number of nitrogens with zero attached hydrogens (tertiary/aromatic N) is 5. The first-order valence-corrected chi connectivity index (χ1v) is 8.63. The van der Waals surface area contributed by atoms with Gasteiger partial charge in [0, 0.05) is 44.6 Å². The molecule has 8 nitrogen and oxygen atoms in total. The van der Waals surface area contributed by atoms with Crippen molar-refractivity contribution in [2.24, 2.45) is 7.05 Å². The average molecular weight is 391 g/mol. The molecule has 0 bridgehead atoms. The van der Waals surface area contributed by atoms with Crippen molar-refractivity contribution < 1.29 is 9.26 Å². The number of aromatic nitrogens is 4. The molecule has 4 rings (SSSR count). The van der Waals surface area contributed by atoms with Crippen molar-refractivity contribution in [2.75, 3.05) is 26.7 Å². The van der Waals surface area contributed by atoms with Crippen LogP contribution in [0, 0.1) is 0 Å². The highest BCUT2D eigenvalue weighted by atomic mass is 35.5. The molecule has 1 fully saturated rings. The first kappa shape index (κ1) is 19.3. The van der Waals surface area contributed by atoms with Gasteiger partial charge in [0.05, 0.1) is 19.7 Å². The summed E-state index contributed by atoms with van der Waals surface area (Å²) < 4.78 is 12.7. The zero-order valence-electron chi connectivity index (χ0n) is 15.3. The number of methoxy groups -OCH3 is 1. The number of imidazole rings is 1. The molecule has 144 valence electrons. The lowest BCUT2D eigenvalue weighted by molar-refractivity contribution is 0.139. The van der Waals surface area contributed by atoms with Gasteiger partial charge in [-0.3, -0.25) is 4.90 Å². The fourth-order valence-electron chi connectivity index (χ4n) is 3.24. The minimum Gasteiger partial charge on any atom is -0.497 e. The lowest BCUT2D eigenvalue weighted by atomic mass is 10.1. The van der Waals surface area contributed by atoms with Crippen LogP contribution in [0.15, 0.2) is 41.2 Å². The van der Waals surface area contributed by atoms with E-state index >= 15 is 0 Å². The van der Waals surface area contributed by atoms with E-state index in [0.29, 0.717) is 18.3 Å². The predicted octanol–water partition coefficient (Wildman–Crippen LogP) is 2.05. The summed E-state index contributed by atoms with van der Waals surface area (Å²) in [6.07, 6.45) is 3.80. The minimum atomic E-state index is 0. The molecule has 9 heteroatoms. The summed E-state index contributed by atoms with van der Waals surface area (Å²) in [7, 11) is 3.66. The van der Waals surface area contributed by atoms with E-state index in [-0.39, 0.29) is 18.4 Å². The summed E-state index contributed by atoms with van der Waals surface area (Å²) in [4.78, 5) is 11.4. The third-order valence-electron chi connectivity index (χ3n) is 4.66. The number of nitrogens with one attached hydrogen (secondary N) is 1. The van der Waals surface area contributed by atoms with Crippen LogP contribution in [0.25, 0.3) is 11.5 Å². The number of ether oxygens (including phenoxy) is 1. The van der Waals surface area contributed by atoms with Crippen molar-refractivity contribution in [2.45, 2.75) is 12.6 Å². The molecule has 3 aromatic rings. The van der Waals surface area contributed by atoms with E-state index in [0.717, 1.165) is 36.8 Å². The normalized spacial score (nSPS) is 17.5. The Balaban J connectivity index is 0.00000210. The van der Waals surface area contributed by atoms with Crippen LogP contribution >= 0.6 is 12.4 Å². The molecule has 0 spiro atoms. The van der Waals surface area contributed by atoms with Crippen LogP contribution in [0.3, 0.4) is 0 Å². The van der Waals surface area contributed by atoms with Gasteiger partial charge in [0.1, 0.15) is 11.6 Å². The quantitative estimate of drug-likeness (QED) is 0.713. The first-order chi connectivity index (χ1) is 12.7. The van der Waals surface area contributed by atoms with Crippen LogP contribution in [0.1, 0.15) is 17.7 Å². The fourth-order valence-corrected chi connectivity index (χ4v) is 3.24. The van der Waals surface area contributed by atoms with Crippen LogP contribution in [0.5, 0.6) is 5.75 Å². The van der Waals surface area contributed by atoms with E-state index in [9.17, 15) is 0 Å². The Kier molecular flexibility index (Phi) is 6.10. The van der Waals surface area contributed by atoms with Gasteiger partial charge in [-0.05, 0) is 24.3 Å². The molecule has 1 unspecified atom stereocenters. The summed E-state index contributed by atoms with van der Waals surface area (Å²) in [5, 5.41) is 7.60. The molecule has 0 aliphatic carbocycles. The van der Waals surface area contributed by atoms with Crippen molar-refractivity contribution >= 4 is 12.4 Å². The second-order valence-corrected chi connectivity index (χ2v) is 6.33. The number of hydrogen-bond donors (Lipinski definition) is 1. The zero-order valence-corrected chi connectivity index (χ0v) is 16.1. The molecule has 1 aliphatic rings. The number of hydrogen-bond acceptors (Lipinski definition) is 7. The zero-order chi connectivity index (χ0) is 17.9. The summed E-state index contributed by atoms with van der Waals surface area (Å²) in [5.74, 6) is 3.03. The SMILES string of the molecule is COc1ccc(-c2nc(CN3CCNCC3c3nccn3C)no2)cc1.Cl. The molecule has 1 aromatic carbocycles. The van der Waals surface area contributed by atoms with Gasteiger partial charge >= 0.3 is 0 Å². The minimum absolute atomic E-state index is 0. The molecule has 1 N–H and O–H groups in total. The molecule has 0 radical (unpaired) electrons. The molecule has 0 saturated carbocycles. The van der Waals surface area contributed by atoms with Gasteiger partial charge in [0.15, 0.2) is 5.82 Å². The maximum absolute atomic E-state index is 5.45. The summed E-state index contributed by atoms with van der Waals surface area (Å²) in [5.41, 5.74) is 0.880. The molecule has 27 heavy (non-hydrogen) atoms. The van der Waals surface area contributed by atoms with Gasteiger partial charge in [0.2, 0.25) is 0 Å². The van der Waals surface area contributed by atoms with Crippen molar-refractivity contribution in [1.29, 1.82) is 0 Å². The third-order valence-corrected chi connectivity index (χ3v) is 4.66. The van der Waals surface area contributed by atoms with Crippen molar-refractivity contribution in [1.82, 2.24) is 29.9 Å². The average Bonchev–Trinajstić information content (AvgIpc) is 3.31. The molecule has 1 saturated heterocycles. The number of rotatable bonds is 5. The fraction of sp³-hybridized carbons (Fsp3) is 0.389. The van der Waals surface area contributed by atoms with Crippen LogP contribution < -0.4 is 10.1 Å². The van der Waals surface area contributed by atoms with Gasteiger partial charge < -0.3 is 19.1 Å². The summed E-state index contributed by atoms with van der Waals surface area (Å²) >= 11 is 0.